The molecule has 0 bridgehead atoms. The Labute approximate surface area is 132 Å². The zero-order chi connectivity index (χ0) is 16.2. The molecule has 0 atom stereocenters. The molecule has 1 aromatic rings. The maximum atomic E-state index is 12.2. The van der Waals surface area contributed by atoms with E-state index in [9.17, 15) is 13.2 Å². The van der Waals surface area contributed by atoms with Gasteiger partial charge in [0.05, 0.1) is 4.90 Å². The molecule has 1 aliphatic rings. The molecule has 0 aromatic heterocycles. The number of carbonyl (C=O) groups is 1. The fourth-order valence-corrected chi connectivity index (χ4v) is 3.62. The van der Waals surface area contributed by atoms with Crippen molar-refractivity contribution < 1.29 is 13.2 Å². The van der Waals surface area contributed by atoms with Crippen LogP contribution < -0.4 is 10.0 Å². The maximum Gasteiger partial charge on any atom is 0.328 e. The first-order chi connectivity index (χ1) is 10.4. The summed E-state index contributed by atoms with van der Waals surface area (Å²) in [5.41, 5.74) is 1.06. The molecule has 1 saturated carbocycles. The van der Waals surface area contributed by atoms with Crippen molar-refractivity contribution >= 4 is 16.1 Å². The van der Waals surface area contributed by atoms with Crippen LogP contribution in [0.3, 0.4) is 0 Å². The van der Waals surface area contributed by atoms with Gasteiger partial charge in [0, 0.05) is 6.04 Å². The fraction of sp³-hybridized carbons (Fsp3) is 0.562. The third kappa shape index (κ3) is 4.47. The van der Waals surface area contributed by atoms with Gasteiger partial charge in [-0.3, -0.25) is 0 Å². The Morgan fingerprint density at radius 2 is 1.73 bits per heavy atom. The number of carbonyl (C=O) groups excluding carboxylic acids is 1. The Bertz CT molecular complexity index is 603. The molecule has 1 fully saturated rings. The lowest BCUT2D eigenvalue weighted by Gasteiger charge is -2.26. The van der Waals surface area contributed by atoms with Crippen LogP contribution in [0.15, 0.2) is 29.2 Å². The summed E-state index contributed by atoms with van der Waals surface area (Å²) >= 11 is 0. The van der Waals surface area contributed by atoms with Gasteiger partial charge in [0.15, 0.2) is 0 Å². The molecular formula is C16H24N2O3S. The monoisotopic (exact) mass is 324 g/mol. The van der Waals surface area contributed by atoms with Crippen molar-refractivity contribution in [2.24, 2.45) is 5.92 Å². The lowest BCUT2D eigenvalue weighted by molar-refractivity contribution is 0.233. The van der Waals surface area contributed by atoms with Crippen LogP contribution in [0.2, 0.25) is 0 Å². The molecule has 0 unspecified atom stereocenters. The van der Waals surface area contributed by atoms with Gasteiger partial charge < -0.3 is 5.32 Å². The Balaban J connectivity index is 1.94. The predicted octanol–water partition coefficient (Wildman–Crippen LogP) is 2.82. The van der Waals surface area contributed by atoms with Gasteiger partial charge >= 0.3 is 6.03 Å². The van der Waals surface area contributed by atoms with Gasteiger partial charge in [0.2, 0.25) is 0 Å². The SMILES string of the molecule is CCc1ccc(S(=O)(=O)NC(=O)NC2CCC(C)CC2)cc1. The highest BCUT2D eigenvalue weighted by molar-refractivity contribution is 7.90. The highest BCUT2D eigenvalue weighted by atomic mass is 32.2. The van der Waals surface area contributed by atoms with E-state index in [-0.39, 0.29) is 10.9 Å². The Kier molecular flexibility index (Phi) is 5.45. The minimum absolute atomic E-state index is 0.0638. The van der Waals surface area contributed by atoms with E-state index in [2.05, 4.69) is 17.0 Å². The van der Waals surface area contributed by atoms with Crippen molar-refractivity contribution in [3.63, 3.8) is 0 Å². The van der Waals surface area contributed by atoms with E-state index in [0.717, 1.165) is 37.7 Å². The zero-order valence-electron chi connectivity index (χ0n) is 13.1. The number of amides is 2. The first-order valence-electron chi connectivity index (χ1n) is 7.83. The molecule has 0 saturated heterocycles. The first-order valence-corrected chi connectivity index (χ1v) is 9.31. The van der Waals surface area contributed by atoms with Crippen LogP contribution in [0, 0.1) is 5.92 Å². The molecule has 0 heterocycles. The highest BCUT2D eigenvalue weighted by Crippen LogP contribution is 2.23. The molecule has 2 amide bonds. The molecule has 1 aliphatic carbocycles. The van der Waals surface area contributed by atoms with Gasteiger partial charge in [-0.2, -0.15) is 0 Å². The number of nitrogens with one attached hydrogen (secondary N) is 2. The number of rotatable bonds is 4. The first kappa shape index (κ1) is 16.8. The van der Waals surface area contributed by atoms with Crippen LogP contribution in [0.4, 0.5) is 4.79 Å². The highest BCUT2D eigenvalue weighted by Gasteiger charge is 2.22. The quantitative estimate of drug-likeness (QED) is 0.894. The van der Waals surface area contributed by atoms with Crippen molar-refractivity contribution in [3.05, 3.63) is 29.8 Å². The summed E-state index contributed by atoms with van der Waals surface area (Å²) in [6.07, 6.45) is 4.78. The van der Waals surface area contributed by atoms with Crippen LogP contribution >= 0.6 is 0 Å². The van der Waals surface area contributed by atoms with Gasteiger partial charge in [0.1, 0.15) is 0 Å². The summed E-state index contributed by atoms with van der Waals surface area (Å²) in [5.74, 6) is 0.682. The van der Waals surface area contributed by atoms with Crippen LogP contribution in [0.1, 0.15) is 45.1 Å². The van der Waals surface area contributed by atoms with Crippen molar-refractivity contribution in [2.45, 2.75) is 56.9 Å². The Morgan fingerprint density at radius 1 is 1.14 bits per heavy atom. The molecule has 22 heavy (non-hydrogen) atoms. The molecule has 0 radical (unpaired) electrons. The number of hydrogen-bond acceptors (Lipinski definition) is 3. The topological polar surface area (TPSA) is 75.3 Å². The van der Waals surface area contributed by atoms with Crippen LogP contribution in [-0.2, 0) is 16.4 Å². The summed E-state index contributed by atoms with van der Waals surface area (Å²) in [7, 11) is -3.81. The second-order valence-electron chi connectivity index (χ2n) is 6.03. The second-order valence-corrected chi connectivity index (χ2v) is 7.72. The van der Waals surface area contributed by atoms with Crippen molar-refractivity contribution in [2.75, 3.05) is 0 Å². The molecule has 2 N–H and O–H groups in total. The normalized spacial score (nSPS) is 22.1. The lowest BCUT2D eigenvalue weighted by atomic mass is 9.87. The van der Waals surface area contributed by atoms with Crippen LogP contribution in [0.5, 0.6) is 0 Å². The molecule has 5 nitrogen and oxygen atoms in total. The van der Waals surface area contributed by atoms with E-state index < -0.39 is 16.1 Å². The molecule has 1 aromatic carbocycles. The number of hydrogen-bond donors (Lipinski definition) is 2. The van der Waals surface area contributed by atoms with E-state index in [1.807, 2.05) is 6.92 Å². The Hall–Kier alpha value is -1.56. The van der Waals surface area contributed by atoms with E-state index in [4.69, 9.17) is 0 Å². The lowest BCUT2D eigenvalue weighted by Crippen LogP contribution is -2.45. The van der Waals surface area contributed by atoms with Gasteiger partial charge in [-0.15, -0.1) is 0 Å². The summed E-state index contributed by atoms with van der Waals surface area (Å²) < 4.78 is 26.4. The molecular weight excluding hydrogens is 300 g/mol. The Morgan fingerprint density at radius 3 is 2.27 bits per heavy atom. The largest absolute Gasteiger partial charge is 0.335 e. The predicted molar refractivity (Wildman–Crippen MR) is 86.1 cm³/mol. The molecule has 122 valence electrons. The summed E-state index contributed by atoms with van der Waals surface area (Å²) in [4.78, 5) is 12.0. The van der Waals surface area contributed by atoms with Gasteiger partial charge in [-0.1, -0.05) is 26.0 Å². The van der Waals surface area contributed by atoms with E-state index in [1.54, 1.807) is 12.1 Å². The smallest absolute Gasteiger partial charge is 0.328 e. The third-order valence-electron chi connectivity index (χ3n) is 4.22. The van der Waals surface area contributed by atoms with Gasteiger partial charge in [0.25, 0.3) is 10.0 Å². The minimum atomic E-state index is -3.81. The number of aryl methyl sites for hydroxylation is 1. The van der Waals surface area contributed by atoms with Gasteiger partial charge in [-0.25, -0.2) is 17.9 Å². The number of sulfonamides is 1. The number of urea groups is 1. The van der Waals surface area contributed by atoms with E-state index in [1.165, 1.54) is 12.1 Å². The molecule has 0 spiro atoms. The number of benzene rings is 1. The average molecular weight is 324 g/mol. The third-order valence-corrected chi connectivity index (χ3v) is 5.57. The van der Waals surface area contributed by atoms with Crippen molar-refractivity contribution in [1.29, 1.82) is 0 Å². The fourth-order valence-electron chi connectivity index (χ4n) is 2.70. The van der Waals surface area contributed by atoms with Gasteiger partial charge in [-0.05, 0) is 55.7 Å². The summed E-state index contributed by atoms with van der Waals surface area (Å²) in [6, 6.07) is 5.99. The van der Waals surface area contributed by atoms with E-state index >= 15 is 0 Å². The van der Waals surface area contributed by atoms with E-state index in [0.29, 0.717) is 5.92 Å². The minimum Gasteiger partial charge on any atom is -0.335 e. The standard InChI is InChI=1S/C16H24N2O3S/c1-3-13-6-10-15(11-7-13)22(20,21)18-16(19)17-14-8-4-12(2)5-9-14/h6-7,10-12,14H,3-5,8-9H2,1-2H3,(H2,17,18,19). The average Bonchev–Trinajstić information content (AvgIpc) is 2.49. The molecule has 0 aliphatic heterocycles. The molecule has 2 rings (SSSR count). The molecule has 6 heteroatoms. The summed E-state index contributed by atoms with van der Waals surface area (Å²) in [5, 5.41) is 2.76. The maximum absolute atomic E-state index is 12.2. The van der Waals surface area contributed by atoms with Crippen LogP contribution in [0.25, 0.3) is 0 Å². The van der Waals surface area contributed by atoms with Crippen molar-refractivity contribution in [3.8, 4) is 0 Å². The summed E-state index contributed by atoms with van der Waals surface area (Å²) in [6.45, 7) is 4.20. The second kappa shape index (κ2) is 7.13. The van der Waals surface area contributed by atoms with Crippen LogP contribution in [-0.4, -0.2) is 20.5 Å². The van der Waals surface area contributed by atoms with Crippen molar-refractivity contribution in [1.82, 2.24) is 10.0 Å². The zero-order valence-corrected chi connectivity index (χ0v) is 13.9.